The van der Waals surface area contributed by atoms with E-state index in [1.54, 1.807) is 23.0 Å². The number of hydrogen-bond acceptors (Lipinski definition) is 6. The minimum Gasteiger partial charge on any atom is -0.258 e. The number of nitro groups is 1. The fourth-order valence-corrected chi connectivity index (χ4v) is 3.63. The molecule has 8 heteroatoms. The zero-order valence-electron chi connectivity index (χ0n) is 15.8. The van der Waals surface area contributed by atoms with Gasteiger partial charge in [-0.1, -0.05) is 84.6 Å². The lowest BCUT2D eigenvalue weighted by molar-refractivity contribution is -0.384. The molecule has 3 aromatic carbocycles. The number of aromatic nitrogens is 3. The summed E-state index contributed by atoms with van der Waals surface area (Å²) in [6.07, 6.45) is 1.58. The smallest absolute Gasteiger partial charge is 0.258 e. The molecule has 0 saturated heterocycles. The van der Waals surface area contributed by atoms with Gasteiger partial charge in [0.15, 0.2) is 5.82 Å². The number of rotatable bonds is 7. The van der Waals surface area contributed by atoms with Crippen molar-refractivity contribution in [2.75, 3.05) is 0 Å². The average molecular weight is 415 g/mol. The molecule has 7 nitrogen and oxygen atoms in total. The summed E-state index contributed by atoms with van der Waals surface area (Å²) >= 11 is 1.53. The van der Waals surface area contributed by atoms with Crippen LogP contribution >= 0.6 is 11.8 Å². The van der Waals surface area contributed by atoms with Crippen LogP contribution < -0.4 is 0 Å². The van der Waals surface area contributed by atoms with Crippen molar-refractivity contribution < 1.29 is 4.92 Å². The first-order chi connectivity index (χ1) is 14.7. The number of non-ortho nitro benzene ring substituents is 1. The van der Waals surface area contributed by atoms with Gasteiger partial charge < -0.3 is 0 Å². The van der Waals surface area contributed by atoms with E-state index in [0.717, 1.165) is 11.3 Å². The van der Waals surface area contributed by atoms with Crippen LogP contribution in [0.25, 0.3) is 11.4 Å². The van der Waals surface area contributed by atoms with E-state index in [1.807, 2.05) is 48.5 Å². The quantitative estimate of drug-likeness (QED) is 0.183. The molecule has 0 N–H and O–H groups in total. The molecule has 0 saturated carbocycles. The summed E-state index contributed by atoms with van der Waals surface area (Å²) in [7, 11) is 0. The van der Waals surface area contributed by atoms with Crippen LogP contribution in [0.15, 0.2) is 95.2 Å². The van der Waals surface area contributed by atoms with Gasteiger partial charge in [-0.15, -0.1) is 10.2 Å². The fourth-order valence-electron chi connectivity index (χ4n) is 2.79. The molecule has 1 aromatic heterocycles. The fraction of sp³-hybridized carbons (Fsp3) is 0.0455. The Kier molecular flexibility index (Phi) is 5.95. The van der Waals surface area contributed by atoms with E-state index in [1.165, 1.54) is 29.5 Å². The Morgan fingerprint density at radius 1 is 0.967 bits per heavy atom. The summed E-state index contributed by atoms with van der Waals surface area (Å²) < 4.78 is 1.67. The van der Waals surface area contributed by atoms with E-state index in [0.29, 0.717) is 16.5 Å². The molecule has 0 aliphatic rings. The van der Waals surface area contributed by atoms with Crippen molar-refractivity contribution in [2.24, 2.45) is 5.10 Å². The minimum absolute atomic E-state index is 0.0182. The standard InChI is InChI=1S/C22H17N5O2S/c28-27(29)20-13-7-10-18(14-20)15-23-26-21(19-11-5-2-6-12-19)24-25-22(26)30-16-17-8-3-1-4-9-17/h1-15H,16H2/b23-15+. The summed E-state index contributed by atoms with van der Waals surface area (Å²) in [4.78, 5) is 10.6. The van der Waals surface area contributed by atoms with Gasteiger partial charge in [0.05, 0.1) is 11.1 Å². The molecule has 4 rings (SSSR count). The van der Waals surface area contributed by atoms with Crippen molar-refractivity contribution >= 4 is 23.7 Å². The van der Waals surface area contributed by atoms with Crippen LogP contribution in [0.1, 0.15) is 11.1 Å². The van der Waals surface area contributed by atoms with Crippen LogP contribution in [0.2, 0.25) is 0 Å². The van der Waals surface area contributed by atoms with Gasteiger partial charge in [-0.3, -0.25) is 10.1 Å². The Labute approximate surface area is 177 Å². The van der Waals surface area contributed by atoms with E-state index in [9.17, 15) is 10.1 Å². The number of thioether (sulfide) groups is 1. The SMILES string of the molecule is O=[N+]([O-])c1cccc(/C=N/n2c(SCc3ccccc3)nnc2-c2ccccc2)c1. The average Bonchev–Trinajstić information content (AvgIpc) is 3.20. The van der Waals surface area contributed by atoms with Gasteiger partial charge in [0.2, 0.25) is 5.16 Å². The molecule has 0 aliphatic heterocycles. The Morgan fingerprint density at radius 2 is 1.70 bits per heavy atom. The third kappa shape index (κ3) is 4.61. The summed E-state index contributed by atoms with van der Waals surface area (Å²) in [6.45, 7) is 0. The molecule has 0 radical (unpaired) electrons. The molecule has 0 amide bonds. The highest BCUT2D eigenvalue weighted by atomic mass is 32.2. The highest BCUT2D eigenvalue weighted by Gasteiger charge is 2.14. The minimum atomic E-state index is -0.424. The maximum atomic E-state index is 11.0. The molecule has 0 atom stereocenters. The maximum Gasteiger partial charge on any atom is 0.270 e. The van der Waals surface area contributed by atoms with Gasteiger partial charge in [0, 0.05) is 29.0 Å². The molecule has 4 aromatic rings. The number of benzene rings is 3. The van der Waals surface area contributed by atoms with E-state index in [2.05, 4.69) is 27.4 Å². The summed E-state index contributed by atoms with van der Waals surface area (Å²) in [5, 5.41) is 24.9. The van der Waals surface area contributed by atoms with E-state index < -0.39 is 4.92 Å². The number of nitro benzene ring substituents is 1. The molecular weight excluding hydrogens is 398 g/mol. The highest BCUT2D eigenvalue weighted by Crippen LogP contribution is 2.26. The molecule has 0 fully saturated rings. The molecule has 30 heavy (non-hydrogen) atoms. The molecule has 0 unspecified atom stereocenters. The Morgan fingerprint density at radius 3 is 2.43 bits per heavy atom. The lowest BCUT2D eigenvalue weighted by Gasteiger charge is -2.05. The normalized spacial score (nSPS) is 11.1. The lowest BCUT2D eigenvalue weighted by atomic mass is 10.2. The van der Waals surface area contributed by atoms with Gasteiger partial charge in [-0.25, -0.2) is 0 Å². The molecule has 0 bridgehead atoms. The highest BCUT2D eigenvalue weighted by molar-refractivity contribution is 7.98. The second-order valence-corrected chi connectivity index (χ2v) is 7.30. The van der Waals surface area contributed by atoms with Gasteiger partial charge >= 0.3 is 0 Å². The Bertz CT molecular complexity index is 1180. The van der Waals surface area contributed by atoms with Crippen molar-refractivity contribution in [3.8, 4) is 11.4 Å². The zero-order valence-corrected chi connectivity index (χ0v) is 16.6. The first kappa shape index (κ1) is 19.5. The van der Waals surface area contributed by atoms with Crippen molar-refractivity contribution in [1.82, 2.24) is 14.9 Å². The van der Waals surface area contributed by atoms with Crippen molar-refractivity contribution in [2.45, 2.75) is 10.9 Å². The molecule has 1 heterocycles. The van der Waals surface area contributed by atoms with Gasteiger partial charge in [0.25, 0.3) is 5.69 Å². The Hall–Kier alpha value is -3.78. The number of hydrogen-bond donors (Lipinski definition) is 0. The predicted octanol–water partition coefficient (Wildman–Crippen LogP) is 5.03. The first-order valence-corrected chi connectivity index (χ1v) is 10.2. The van der Waals surface area contributed by atoms with E-state index in [-0.39, 0.29) is 5.69 Å². The predicted molar refractivity (Wildman–Crippen MR) is 118 cm³/mol. The van der Waals surface area contributed by atoms with Crippen LogP contribution in [0.3, 0.4) is 0 Å². The van der Waals surface area contributed by atoms with Gasteiger partial charge in [-0.05, 0) is 5.56 Å². The largest absolute Gasteiger partial charge is 0.270 e. The van der Waals surface area contributed by atoms with Crippen molar-refractivity contribution in [1.29, 1.82) is 0 Å². The summed E-state index contributed by atoms with van der Waals surface area (Å²) in [5.74, 6) is 1.33. The van der Waals surface area contributed by atoms with Crippen LogP contribution in [-0.4, -0.2) is 26.0 Å². The van der Waals surface area contributed by atoms with Crippen molar-refractivity contribution in [3.63, 3.8) is 0 Å². The second kappa shape index (κ2) is 9.15. The first-order valence-electron chi connectivity index (χ1n) is 9.17. The van der Waals surface area contributed by atoms with Gasteiger partial charge in [-0.2, -0.15) is 9.78 Å². The number of nitrogens with zero attached hydrogens (tertiary/aromatic N) is 5. The maximum absolute atomic E-state index is 11.0. The Balaban J connectivity index is 1.67. The lowest BCUT2D eigenvalue weighted by Crippen LogP contribution is -1.97. The van der Waals surface area contributed by atoms with Crippen LogP contribution in [0.4, 0.5) is 5.69 Å². The van der Waals surface area contributed by atoms with Gasteiger partial charge in [0.1, 0.15) is 0 Å². The third-order valence-electron chi connectivity index (χ3n) is 4.26. The third-order valence-corrected chi connectivity index (χ3v) is 5.25. The summed E-state index contributed by atoms with van der Waals surface area (Å²) in [6, 6.07) is 26.1. The van der Waals surface area contributed by atoms with E-state index >= 15 is 0 Å². The van der Waals surface area contributed by atoms with Crippen LogP contribution in [-0.2, 0) is 5.75 Å². The molecule has 148 valence electrons. The second-order valence-electron chi connectivity index (χ2n) is 6.35. The zero-order chi connectivity index (χ0) is 20.8. The van der Waals surface area contributed by atoms with Crippen LogP contribution in [0, 0.1) is 10.1 Å². The monoisotopic (exact) mass is 415 g/mol. The van der Waals surface area contributed by atoms with Crippen LogP contribution in [0.5, 0.6) is 0 Å². The molecule has 0 spiro atoms. The topological polar surface area (TPSA) is 86.2 Å². The molecule has 0 aliphatic carbocycles. The van der Waals surface area contributed by atoms with Crippen molar-refractivity contribution in [3.05, 3.63) is 106 Å². The molecular formula is C22H17N5O2S. The summed E-state index contributed by atoms with van der Waals surface area (Å²) in [5.41, 5.74) is 2.69. The van der Waals surface area contributed by atoms with E-state index in [4.69, 9.17) is 0 Å².